The van der Waals surface area contributed by atoms with Crippen LogP contribution in [-0.4, -0.2) is 46.8 Å². The summed E-state index contributed by atoms with van der Waals surface area (Å²) in [5, 5.41) is 2.71. The second kappa shape index (κ2) is 7.13. The van der Waals surface area contributed by atoms with Gasteiger partial charge in [0, 0.05) is 5.56 Å². The van der Waals surface area contributed by atoms with Crippen LogP contribution in [0.15, 0.2) is 18.2 Å². The first-order valence-corrected chi connectivity index (χ1v) is 9.18. The highest BCUT2D eigenvalue weighted by molar-refractivity contribution is 6.09. The Morgan fingerprint density at radius 3 is 2.48 bits per heavy atom. The average molecular weight is 372 g/mol. The van der Waals surface area contributed by atoms with Crippen molar-refractivity contribution in [2.75, 3.05) is 6.54 Å². The summed E-state index contributed by atoms with van der Waals surface area (Å²) in [5.74, 6) is -1.48. The Hall–Kier alpha value is -2.70. The molecule has 1 aliphatic heterocycles. The summed E-state index contributed by atoms with van der Waals surface area (Å²) in [7, 11) is 0. The van der Waals surface area contributed by atoms with Crippen LogP contribution in [0.2, 0.25) is 0 Å². The summed E-state index contributed by atoms with van der Waals surface area (Å²) in [4.78, 5) is 50.2. The van der Waals surface area contributed by atoms with Crippen LogP contribution in [0, 0.1) is 13.8 Å². The van der Waals surface area contributed by atoms with Gasteiger partial charge in [-0.25, -0.2) is 4.79 Å². The minimum atomic E-state index is -0.999. The third-order valence-corrected chi connectivity index (χ3v) is 5.46. The van der Waals surface area contributed by atoms with Gasteiger partial charge in [-0.3, -0.25) is 19.3 Å². The third-order valence-electron chi connectivity index (χ3n) is 5.46. The Balaban J connectivity index is 1.61. The van der Waals surface area contributed by atoms with E-state index in [2.05, 4.69) is 5.32 Å². The smallest absolute Gasteiger partial charge is 0.326 e. The second-order valence-electron chi connectivity index (χ2n) is 7.41. The van der Waals surface area contributed by atoms with Crippen molar-refractivity contribution in [1.29, 1.82) is 0 Å². The lowest BCUT2D eigenvalue weighted by Gasteiger charge is -2.20. The van der Waals surface area contributed by atoms with Crippen LogP contribution < -0.4 is 5.32 Å². The second-order valence-corrected chi connectivity index (χ2v) is 7.41. The third kappa shape index (κ3) is 3.59. The molecule has 27 heavy (non-hydrogen) atoms. The maximum absolute atomic E-state index is 12.6. The number of ketones is 1. The molecule has 1 heterocycles. The largest absolute Gasteiger partial charge is 0.453 e. The summed E-state index contributed by atoms with van der Waals surface area (Å²) in [6, 6.07) is 4.71. The van der Waals surface area contributed by atoms with E-state index in [1.165, 1.54) is 6.92 Å². The molecule has 1 atom stereocenters. The highest BCUT2D eigenvalue weighted by atomic mass is 16.5. The summed E-state index contributed by atoms with van der Waals surface area (Å²) in [5.41, 5.74) is 1.63. The van der Waals surface area contributed by atoms with Crippen molar-refractivity contribution in [3.8, 4) is 0 Å². The molecule has 1 aliphatic carbocycles. The molecular weight excluding hydrogens is 348 g/mol. The molecule has 3 rings (SSSR count). The highest BCUT2D eigenvalue weighted by Crippen LogP contribution is 2.34. The van der Waals surface area contributed by atoms with Gasteiger partial charge in [-0.05, 0) is 50.8 Å². The molecule has 1 aromatic carbocycles. The zero-order valence-electron chi connectivity index (χ0n) is 15.8. The summed E-state index contributed by atoms with van der Waals surface area (Å²) in [6.45, 7) is 4.85. The molecule has 2 aliphatic rings. The Kier molecular flexibility index (Phi) is 5.04. The van der Waals surface area contributed by atoms with Crippen LogP contribution in [0.1, 0.15) is 54.1 Å². The zero-order valence-corrected chi connectivity index (χ0v) is 15.8. The number of amides is 3. The first kappa shape index (κ1) is 19.1. The van der Waals surface area contributed by atoms with Crippen molar-refractivity contribution in [2.24, 2.45) is 0 Å². The fraction of sp³-hybridized carbons (Fsp3) is 0.500. The molecule has 1 saturated carbocycles. The summed E-state index contributed by atoms with van der Waals surface area (Å²) >= 11 is 0. The first-order valence-electron chi connectivity index (χ1n) is 9.18. The predicted molar refractivity (Wildman–Crippen MR) is 97.2 cm³/mol. The molecule has 7 heteroatoms. The Bertz CT molecular complexity index is 811. The van der Waals surface area contributed by atoms with Gasteiger partial charge in [-0.15, -0.1) is 0 Å². The van der Waals surface area contributed by atoms with Crippen LogP contribution in [0.25, 0.3) is 0 Å². The monoisotopic (exact) mass is 372 g/mol. The number of aryl methyl sites for hydroxylation is 2. The molecule has 7 nitrogen and oxygen atoms in total. The molecule has 1 saturated heterocycles. The van der Waals surface area contributed by atoms with E-state index in [0.29, 0.717) is 18.4 Å². The molecule has 1 aromatic rings. The molecular formula is C20H24N2O5. The van der Waals surface area contributed by atoms with E-state index in [-0.39, 0.29) is 11.7 Å². The van der Waals surface area contributed by atoms with Crippen LogP contribution in [-0.2, 0) is 14.3 Å². The van der Waals surface area contributed by atoms with Gasteiger partial charge >= 0.3 is 12.0 Å². The number of rotatable bonds is 5. The number of nitrogens with zero attached hydrogens (tertiary/aromatic N) is 1. The van der Waals surface area contributed by atoms with Crippen molar-refractivity contribution in [1.82, 2.24) is 10.2 Å². The van der Waals surface area contributed by atoms with E-state index < -0.39 is 30.2 Å². The van der Waals surface area contributed by atoms with E-state index in [1.807, 2.05) is 19.9 Å². The number of carbonyl (C=O) groups excluding carboxylic acids is 4. The van der Waals surface area contributed by atoms with E-state index in [0.717, 1.165) is 28.9 Å². The van der Waals surface area contributed by atoms with Gasteiger partial charge < -0.3 is 10.1 Å². The minimum absolute atomic E-state index is 0.323. The lowest BCUT2D eigenvalue weighted by Crippen LogP contribution is -2.44. The predicted octanol–water partition coefficient (Wildman–Crippen LogP) is 2.28. The molecule has 2 fully saturated rings. The molecule has 1 N–H and O–H groups in total. The quantitative estimate of drug-likeness (QED) is 0.486. The van der Waals surface area contributed by atoms with Gasteiger partial charge in [0.25, 0.3) is 5.91 Å². The standard InChI is InChI=1S/C20H24N2O5/c1-12-6-7-15(10-13(12)2)17(24)14(3)27-16(23)11-22-18(25)20(21-19(22)26)8-4-5-9-20/h6-7,10,14H,4-5,8-9,11H2,1-3H3,(H,21,26)/t14-/m1/s1. The van der Waals surface area contributed by atoms with Crippen molar-refractivity contribution in [3.63, 3.8) is 0 Å². The van der Waals surface area contributed by atoms with Crippen LogP contribution in [0.5, 0.6) is 0 Å². The van der Waals surface area contributed by atoms with Crippen molar-refractivity contribution in [3.05, 3.63) is 34.9 Å². The van der Waals surface area contributed by atoms with Gasteiger partial charge in [-0.1, -0.05) is 25.0 Å². The lowest BCUT2D eigenvalue weighted by molar-refractivity contribution is -0.149. The van der Waals surface area contributed by atoms with Gasteiger partial charge in [-0.2, -0.15) is 0 Å². The minimum Gasteiger partial charge on any atom is -0.453 e. The normalized spacial score (nSPS) is 19.3. The number of hydrogen-bond acceptors (Lipinski definition) is 5. The lowest BCUT2D eigenvalue weighted by atomic mass is 9.98. The Morgan fingerprint density at radius 1 is 1.19 bits per heavy atom. The Morgan fingerprint density at radius 2 is 1.85 bits per heavy atom. The number of ether oxygens (including phenoxy) is 1. The molecule has 0 unspecified atom stereocenters. The van der Waals surface area contributed by atoms with Crippen LogP contribution in [0.4, 0.5) is 4.79 Å². The number of benzene rings is 1. The van der Waals surface area contributed by atoms with Crippen molar-refractivity contribution >= 4 is 23.7 Å². The number of nitrogens with one attached hydrogen (secondary N) is 1. The van der Waals surface area contributed by atoms with E-state index in [9.17, 15) is 19.2 Å². The maximum Gasteiger partial charge on any atom is 0.326 e. The zero-order chi connectivity index (χ0) is 19.8. The van der Waals surface area contributed by atoms with Crippen LogP contribution >= 0.6 is 0 Å². The molecule has 0 aromatic heterocycles. The van der Waals surface area contributed by atoms with Crippen molar-refractivity contribution < 1.29 is 23.9 Å². The molecule has 1 spiro atoms. The van der Waals surface area contributed by atoms with Crippen molar-refractivity contribution in [2.45, 2.75) is 58.1 Å². The van der Waals surface area contributed by atoms with Gasteiger partial charge in [0.1, 0.15) is 12.1 Å². The average Bonchev–Trinajstić information content (AvgIpc) is 3.17. The summed E-state index contributed by atoms with van der Waals surface area (Å²) < 4.78 is 5.18. The van der Waals surface area contributed by atoms with Gasteiger partial charge in [0.05, 0.1) is 0 Å². The molecule has 0 bridgehead atoms. The van der Waals surface area contributed by atoms with Gasteiger partial charge in [0.15, 0.2) is 6.10 Å². The fourth-order valence-corrected chi connectivity index (χ4v) is 3.68. The maximum atomic E-state index is 12.6. The molecule has 144 valence electrons. The van der Waals surface area contributed by atoms with Gasteiger partial charge in [0.2, 0.25) is 5.78 Å². The Labute approximate surface area is 158 Å². The summed E-state index contributed by atoms with van der Waals surface area (Å²) in [6.07, 6.45) is 1.91. The number of esters is 1. The molecule has 3 amide bonds. The fourth-order valence-electron chi connectivity index (χ4n) is 3.68. The number of urea groups is 1. The number of imide groups is 1. The number of Topliss-reactive ketones (excluding diaryl/α,β-unsaturated/α-hetero) is 1. The van der Waals surface area contributed by atoms with E-state index >= 15 is 0 Å². The topological polar surface area (TPSA) is 92.8 Å². The first-order chi connectivity index (χ1) is 12.7. The number of hydrogen-bond donors (Lipinski definition) is 1. The number of carbonyl (C=O) groups is 4. The van der Waals surface area contributed by atoms with Crippen LogP contribution in [0.3, 0.4) is 0 Å². The SMILES string of the molecule is Cc1ccc(C(=O)[C@@H](C)OC(=O)CN2C(=O)NC3(CCCC3)C2=O)cc1C. The highest BCUT2D eigenvalue weighted by Gasteiger charge is 2.52. The van der Waals surface area contributed by atoms with E-state index in [1.54, 1.807) is 12.1 Å². The molecule has 0 radical (unpaired) electrons. The van der Waals surface area contributed by atoms with E-state index in [4.69, 9.17) is 4.74 Å².